The SMILES string of the molecule is CCC(O)(Cl)COC1(c2ccc(Cl)cc2)c2ccccc2C(=O)N1Cc1ccc(C)cc1. The number of amides is 1. The van der Waals surface area contributed by atoms with E-state index in [-0.39, 0.29) is 12.5 Å². The molecule has 4 nitrogen and oxygen atoms in total. The van der Waals surface area contributed by atoms with Crippen LogP contribution in [0.3, 0.4) is 0 Å². The van der Waals surface area contributed by atoms with Crippen LogP contribution in [0.25, 0.3) is 0 Å². The standard InChI is InChI=1S/C26H25Cl2NO3/c1-3-25(28,31)17-32-26(20-12-14-21(27)15-13-20)23-7-5-4-6-22(23)24(30)29(26)16-19-10-8-18(2)9-11-19/h4-15,31H,3,16-17H2,1-2H3. The van der Waals surface area contributed by atoms with E-state index >= 15 is 0 Å². The minimum absolute atomic E-state index is 0.147. The Hall–Kier alpha value is -2.37. The second-order valence-electron chi connectivity index (χ2n) is 8.13. The van der Waals surface area contributed by atoms with Crippen molar-refractivity contribution < 1.29 is 14.6 Å². The summed E-state index contributed by atoms with van der Waals surface area (Å²) in [5, 5.41) is 9.54. The normalized spacial score (nSPS) is 19.7. The maximum Gasteiger partial charge on any atom is 0.257 e. The van der Waals surface area contributed by atoms with Gasteiger partial charge in [0.2, 0.25) is 0 Å². The summed E-state index contributed by atoms with van der Waals surface area (Å²) in [5.41, 5.74) is 2.85. The third-order valence-corrected chi connectivity index (χ3v) is 6.52. The summed E-state index contributed by atoms with van der Waals surface area (Å²) in [6, 6.07) is 22.7. The molecule has 1 amide bonds. The summed E-state index contributed by atoms with van der Waals surface area (Å²) in [4.78, 5) is 15.3. The summed E-state index contributed by atoms with van der Waals surface area (Å²) in [7, 11) is 0. The molecule has 1 N–H and O–H groups in total. The minimum Gasteiger partial charge on any atom is -0.373 e. The first-order chi connectivity index (χ1) is 15.3. The lowest BCUT2D eigenvalue weighted by atomic mass is 9.93. The highest BCUT2D eigenvalue weighted by molar-refractivity contribution is 6.30. The predicted octanol–water partition coefficient (Wildman–Crippen LogP) is 5.86. The number of halogens is 2. The minimum atomic E-state index is -1.56. The van der Waals surface area contributed by atoms with Gasteiger partial charge in [-0.15, -0.1) is 0 Å². The number of alkyl halides is 1. The van der Waals surface area contributed by atoms with E-state index in [2.05, 4.69) is 0 Å². The first kappa shape index (κ1) is 22.8. The summed E-state index contributed by atoms with van der Waals surface area (Å²) < 4.78 is 6.46. The Kier molecular flexibility index (Phi) is 6.33. The average Bonchev–Trinajstić information content (AvgIpc) is 3.03. The predicted molar refractivity (Wildman–Crippen MR) is 127 cm³/mol. The van der Waals surface area contributed by atoms with Crippen molar-refractivity contribution in [1.82, 2.24) is 4.90 Å². The number of aliphatic hydroxyl groups is 1. The molecule has 3 aromatic rings. The number of aryl methyl sites for hydroxylation is 1. The molecule has 2 atom stereocenters. The highest BCUT2D eigenvalue weighted by atomic mass is 35.5. The van der Waals surface area contributed by atoms with E-state index in [1.165, 1.54) is 0 Å². The van der Waals surface area contributed by atoms with Crippen molar-refractivity contribution in [2.75, 3.05) is 6.61 Å². The molecule has 3 aromatic carbocycles. The van der Waals surface area contributed by atoms with Crippen LogP contribution >= 0.6 is 23.2 Å². The summed E-state index contributed by atoms with van der Waals surface area (Å²) in [6.07, 6.45) is 0.290. The summed E-state index contributed by atoms with van der Waals surface area (Å²) in [6.45, 7) is 3.96. The quantitative estimate of drug-likeness (QED) is 0.440. The van der Waals surface area contributed by atoms with Crippen LogP contribution in [0.4, 0.5) is 0 Å². The van der Waals surface area contributed by atoms with Crippen LogP contribution in [0, 0.1) is 6.92 Å². The highest BCUT2D eigenvalue weighted by Gasteiger charge is 2.52. The topological polar surface area (TPSA) is 49.8 Å². The number of nitrogens with zero attached hydrogens (tertiary/aromatic N) is 1. The van der Waals surface area contributed by atoms with Gasteiger partial charge in [0.15, 0.2) is 10.8 Å². The molecule has 2 unspecified atom stereocenters. The highest BCUT2D eigenvalue weighted by Crippen LogP contribution is 2.47. The molecular formula is C26H25Cl2NO3. The van der Waals surface area contributed by atoms with Gasteiger partial charge < -0.3 is 9.84 Å². The first-order valence-electron chi connectivity index (χ1n) is 10.5. The molecule has 0 spiro atoms. The van der Waals surface area contributed by atoms with Crippen molar-refractivity contribution >= 4 is 29.1 Å². The Labute approximate surface area is 198 Å². The van der Waals surface area contributed by atoms with Crippen molar-refractivity contribution in [2.45, 2.75) is 37.6 Å². The molecule has 0 aromatic heterocycles. The van der Waals surface area contributed by atoms with E-state index in [0.29, 0.717) is 29.1 Å². The van der Waals surface area contributed by atoms with Crippen LogP contribution in [0.1, 0.15) is 46.0 Å². The average molecular weight is 470 g/mol. The molecule has 0 fully saturated rings. The van der Waals surface area contributed by atoms with E-state index < -0.39 is 10.8 Å². The van der Waals surface area contributed by atoms with Crippen molar-refractivity contribution in [3.05, 3.63) is 106 Å². The Morgan fingerprint density at radius 2 is 1.69 bits per heavy atom. The fourth-order valence-corrected chi connectivity index (χ4v) is 4.18. The van der Waals surface area contributed by atoms with E-state index in [1.54, 1.807) is 30.0 Å². The molecule has 0 saturated carbocycles. The van der Waals surface area contributed by atoms with Crippen molar-refractivity contribution in [3.63, 3.8) is 0 Å². The molecule has 0 aliphatic carbocycles. The first-order valence-corrected chi connectivity index (χ1v) is 11.3. The van der Waals surface area contributed by atoms with Crippen LogP contribution in [-0.2, 0) is 17.0 Å². The van der Waals surface area contributed by atoms with Gasteiger partial charge in [-0.1, -0.05) is 90.3 Å². The van der Waals surface area contributed by atoms with Crippen LogP contribution in [0.2, 0.25) is 5.02 Å². The molecule has 166 valence electrons. The number of carbonyl (C=O) groups excluding carboxylic acids is 1. The summed E-state index contributed by atoms with van der Waals surface area (Å²) >= 11 is 12.4. The van der Waals surface area contributed by atoms with Crippen molar-refractivity contribution in [2.24, 2.45) is 0 Å². The molecule has 0 radical (unpaired) electrons. The molecule has 32 heavy (non-hydrogen) atoms. The van der Waals surface area contributed by atoms with Crippen LogP contribution in [-0.4, -0.2) is 27.6 Å². The molecule has 1 aliphatic heterocycles. The van der Waals surface area contributed by atoms with Gasteiger partial charge in [0.25, 0.3) is 5.91 Å². The van der Waals surface area contributed by atoms with Gasteiger partial charge in [-0.25, -0.2) is 0 Å². The van der Waals surface area contributed by atoms with Crippen molar-refractivity contribution in [1.29, 1.82) is 0 Å². The number of rotatable bonds is 7. The fraction of sp³-hybridized carbons (Fsp3) is 0.269. The number of hydrogen-bond donors (Lipinski definition) is 1. The Morgan fingerprint density at radius 1 is 1.03 bits per heavy atom. The second-order valence-corrected chi connectivity index (χ2v) is 9.27. The Balaban J connectivity index is 1.89. The van der Waals surface area contributed by atoms with Crippen molar-refractivity contribution in [3.8, 4) is 0 Å². The number of benzene rings is 3. The molecule has 6 heteroatoms. The second kappa shape index (κ2) is 8.87. The monoisotopic (exact) mass is 469 g/mol. The van der Waals surface area contributed by atoms with E-state index in [0.717, 1.165) is 16.7 Å². The van der Waals surface area contributed by atoms with Gasteiger partial charge in [-0.05, 0) is 37.1 Å². The number of ether oxygens (including phenoxy) is 1. The van der Waals surface area contributed by atoms with E-state index in [9.17, 15) is 9.90 Å². The van der Waals surface area contributed by atoms with Gasteiger partial charge in [0.1, 0.15) is 0 Å². The number of fused-ring (bicyclic) bond motifs is 1. The molecule has 0 saturated heterocycles. The zero-order valence-electron chi connectivity index (χ0n) is 18.0. The maximum absolute atomic E-state index is 13.6. The van der Waals surface area contributed by atoms with Gasteiger partial charge >= 0.3 is 0 Å². The van der Waals surface area contributed by atoms with E-state index in [1.807, 2.05) is 61.5 Å². The van der Waals surface area contributed by atoms with E-state index in [4.69, 9.17) is 27.9 Å². The van der Waals surface area contributed by atoms with Crippen LogP contribution < -0.4 is 0 Å². The van der Waals surface area contributed by atoms with Gasteiger partial charge in [0.05, 0.1) is 6.61 Å². The lowest BCUT2D eigenvalue weighted by Gasteiger charge is -2.41. The zero-order valence-corrected chi connectivity index (χ0v) is 19.5. The smallest absolute Gasteiger partial charge is 0.257 e. The van der Waals surface area contributed by atoms with Gasteiger partial charge in [-0.2, -0.15) is 0 Å². The largest absolute Gasteiger partial charge is 0.373 e. The third kappa shape index (κ3) is 4.16. The molecule has 1 heterocycles. The Bertz CT molecular complexity index is 1110. The lowest BCUT2D eigenvalue weighted by Crippen LogP contribution is -2.48. The fourth-order valence-electron chi connectivity index (χ4n) is 4.00. The molecule has 4 rings (SSSR count). The summed E-state index contributed by atoms with van der Waals surface area (Å²) in [5.74, 6) is -0.147. The molecular weight excluding hydrogens is 445 g/mol. The third-order valence-electron chi connectivity index (χ3n) is 5.89. The lowest BCUT2D eigenvalue weighted by molar-refractivity contribution is -0.141. The van der Waals surface area contributed by atoms with Gasteiger partial charge in [0, 0.05) is 28.3 Å². The number of hydrogen-bond acceptors (Lipinski definition) is 3. The van der Waals surface area contributed by atoms with Crippen LogP contribution in [0.5, 0.6) is 0 Å². The zero-order chi connectivity index (χ0) is 22.9. The Morgan fingerprint density at radius 3 is 2.34 bits per heavy atom. The molecule has 1 aliphatic rings. The number of carbonyl (C=O) groups is 1. The maximum atomic E-state index is 13.6. The van der Waals surface area contributed by atoms with Gasteiger partial charge in [-0.3, -0.25) is 9.69 Å². The van der Waals surface area contributed by atoms with Crippen LogP contribution in [0.15, 0.2) is 72.8 Å². The molecule has 0 bridgehead atoms.